The quantitative estimate of drug-likeness (QED) is 0.732. The van der Waals surface area contributed by atoms with E-state index in [1.54, 1.807) is 10.6 Å². The van der Waals surface area contributed by atoms with Crippen LogP contribution in [0.4, 0.5) is 5.69 Å². The Labute approximate surface area is 80.9 Å². The first-order chi connectivity index (χ1) is 6.29. The van der Waals surface area contributed by atoms with Gasteiger partial charge in [0.25, 0.3) is 5.56 Å². The Bertz CT molecular complexity index is 355. The maximum Gasteiger partial charge on any atom is 0.273 e. The van der Waals surface area contributed by atoms with Crippen LogP contribution in [0.15, 0.2) is 23.1 Å². The van der Waals surface area contributed by atoms with Crippen molar-refractivity contribution in [2.45, 2.75) is 12.5 Å². The third-order valence-corrected chi connectivity index (χ3v) is 3.45. The minimum atomic E-state index is -0.0463. The van der Waals surface area contributed by atoms with Crippen molar-refractivity contribution in [2.75, 3.05) is 17.2 Å². The number of nitrogens with two attached hydrogens (primary N) is 1. The van der Waals surface area contributed by atoms with Gasteiger partial charge in [-0.05, 0) is 24.3 Å². The molecule has 1 aliphatic rings. The van der Waals surface area contributed by atoms with Crippen LogP contribution in [0.25, 0.3) is 0 Å². The summed E-state index contributed by atoms with van der Waals surface area (Å²) in [7, 11) is 0. The van der Waals surface area contributed by atoms with E-state index in [0.717, 1.165) is 17.9 Å². The molecule has 2 rings (SSSR count). The number of aromatic nitrogens is 1. The van der Waals surface area contributed by atoms with Gasteiger partial charge in [-0.15, -0.1) is 0 Å². The highest BCUT2D eigenvalue weighted by molar-refractivity contribution is 7.99. The average Bonchev–Trinajstić information content (AvgIpc) is 2.62. The van der Waals surface area contributed by atoms with E-state index < -0.39 is 0 Å². The standard InChI is InChI=1S/C9H12N2OS/c10-8-2-1-4-11(9(8)12)7-3-5-13-6-7/h1-2,4,7H,3,5-6,10H2. The maximum atomic E-state index is 11.6. The lowest BCUT2D eigenvalue weighted by atomic mass is 10.2. The summed E-state index contributed by atoms with van der Waals surface area (Å²) >= 11 is 1.89. The van der Waals surface area contributed by atoms with Crippen LogP contribution in [0.3, 0.4) is 0 Å². The average molecular weight is 196 g/mol. The highest BCUT2D eigenvalue weighted by Crippen LogP contribution is 2.26. The summed E-state index contributed by atoms with van der Waals surface area (Å²) in [5.74, 6) is 2.18. The Kier molecular flexibility index (Phi) is 2.31. The minimum absolute atomic E-state index is 0.0463. The Hall–Kier alpha value is -0.900. The van der Waals surface area contributed by atoms with E-state index in [0.29, 0.717) is 11.7 Å². The topological polar surface area (TPSA) is 48.0 Å². The molecule has 1 unspecified atom stereocenters. The molecule has 0 radical (unpaired) electrons. The van der Waals surface area contributed by atoms with Crippen LogP contribution in [-0.4, -0.2) is 16.1 Å². The first-order valence-electron chi connectivity index (χ1n) is 4.33. The predicted octanol–water partition coefficient (Wildman–Crippen LogP) is 1.11. The van der Waals surface area contributed by atoms with Gasteiger partial charge in [0.15, 0.2) is 0 Å². The van der Waals surface area contributed by atoms with E-state index in [1.165, 1.54) is 0 Å². The molecule has 4 heteroatoms. The third-order valence-electron chi connectivity index (χ3n) is 2.30. The summed E-state index contributed by atoms with van der Waals surface area (Å²) in [5.41, 5.74) is 5.85. The summed E-state index contributed by atoms with van der Waals surface area (Å²) in [6, 6.07) is 3.83. The second-order valence-corrected chi connectivity index (χ2v) is 4.34. The van der Waals surface area contributed by atoms with Crippen molar-refractivity contribution < 1.29 is 0 Å². The van der Waals surface area contributed by atoms with Crippen molar-refractivity contribution in [3.05, 3.63) is 28.7 Å². The number of pyridine rings is 1. The molecule has 0 aliphatic carbocycles. The number of nitrogens with zero attached hydrogens (tertiary/aromatic N) is 1. The van der Waals surface area contributed by atoms with Gasteiger partial charge in [-0.25, -0.2) is 0 Å². The molecule has 0 aromatic carbocycles. The van der Waals surface area contributed by atoms with Crippen LogP contribution in [-0.2, 0) is 0 Å². The zero-order valence-corrected chi connectivity index (χ0v) is 8.09. The summed E-state index contributed by atoms with van der Waals surface area (Å²) in [6.07, 6.45) is 2.91. The van der Waals surface area contributed by atoms with Crippen molar-refractivity contribution in [1.82, 2.24) is 4.57 Å². The first kappa shape index (κ1) is 8.69. The Morgan fingerprint density at radius 2 is 2.46 bits per heavy atom. The van der Waals surface area contributed by atoms with Crippen molar-refractivity contribution in [3.8, 4) is 0 Å². The molecule has 13 heavy (non-hydrogen) atoms. The van der Waals surface area contributed by atoms with Gasteiger partial charge in [-0.3, -0.25) is 4.79 Å². The van der Waals surface area contributed by atoms with Crippen LogP contribution >= 0.6 is 11.8 Å². The molecule has 1 saturated heterocycles. The highest BCUT2D eigenvalue weighted by Gasteiger charge is 2.18. The second-order valence-electron chi connectivity index (χ2n) is 3.19. The number of hydrogen-bond donors (Lipinski definition) is 1. The van der Waals surface area contributed by atoms with E-state index in [2.05, 4.69) is 0 Å². The Morgan fingerprint density at radius 3 is 3.15 bits per heavy atom. The number of hydrogen-bond acceptors (Lipinski definition) is 3. The lowest BCUT2D eigenvalue weighted by Gasteiger charge is -2.12. The molecule has 1 atom stereocenters. The van der Waals surface area contributed by atoms with Crippen LogP contribution in [0.1, 0.15) is 12.5 Å². The summed E-state index contributed by atoms with van der Waals surface area (Å²) in [5, 5.41) is 0. The number of nitrogen functional groups attached to an aromatic ring is 1. The smallest absolute Gasteiger partial charge is 0.273 e. The lowest BCUT2D eigenvalue weighted by Crippen LogP contribution is -2.25. The Balaban J connectivity index is 2.39. The Morgan fingerprint density at radius 1 is 1.62 bits per heavy atom. The van der Waals surface area contributed by atoms with E-state index in [9.17, 15) is 4.79 Å². The summed E-state index contributed by atoms with van der Waals surface area (Å²) < 4.78 is 1.76. The second kappa shape index (κ2) is 3.46. The predicted molar refractivity (Wildman–Crippen MR) is 56.1 cm³/mol. The van der Waals surface area contributed by atoms with E-state index >= 15 is 0 Å². The highest BCUT2D eigenvalue weighted by atomic mass is 32.2. The molecule has 1 aromatic rings. The fourth-order valence-electron chi connectivity index (χ4n) is 1.56. The molecule has 3 nitrogen and oxygen atoms in total. The first-order valence-corrected chi connectivity index (χ1v) is 5.49. The SMILES string of the molecule is Nc1cccn(C2CCSC2)c1=O. The van der Waals surface area contributed by atoms with Crippen LogP contribution in [0.2, 0.25) is 0 Å². The molecule has 1 aliphatic heterocycles. The van der Waals surface area contributed by atoms with Crippen LogP contribution in [0, 0.1) is 0 Å². The molecule has 70 valence electrons. The molecule has 1 aromatic heterocycles. The number of rotatable bonds is 1. The van der Waals surface area contributed by atoms with Crippen molar-refractivity contribution >= 4 is 17.4 Å². The van der Waals surface area contributed by atoms with E-state index in [-0.39, 0.29) is 5.56 Å². The zero-order chi connectivity index (χ0) is 9.26. The van der Waals surface area contributed by atoms with Gasteiger partial charge < -0.3 is 10.3 Å². The lowest BCUT2D eigenvalue weighted by molar-refractivity contribution is 0.543. The zero-order valence-electron chi connectivity index (χ0n) is 7.27. The van der Waals surface area contributed by atoms with Gasteiger partial charge in [0, 0.05) is 18.0 Å². The number of thioether (sulfide) groups is 1. The molecule has 0 amide bonds. The van der Waals surface area contributed by atoms with E-state index in [1.807, 2.05) is 24.0 Å². The van der Waals surface area contributed by atoms with Gasteiger partial charge in [0.05, 0.1) is 5.69 Å². The largest absolute Gasteiger partial charge is 0.394 e. The fraction of sp³-hybridized carbons (Fsp3) is 0.444. The van der Waals surface area contributed by atoms with Crippen molar-refractivity contribution in [3.63, 3.8) is 0 Å². The van der Waals surface area contributed by atoms with E-state index in [4.69, 9.17) is 5.73 Å². The molecule has 0 spiro atoms. The van der Waals surface area contributed by atoms with Crippen molar-refractivity contribution in [1.29, 1.82) is 0 Å². The molecular formula is C9H12N2OS. The molecule has 2 heterocycles. The van der Waals surface area contributed by atoms with Gasteiger partial charge in [0.2, 0.25) is 0 Å². The summed E-state index contributed by atoms with van der Waals surface area (Å²) in [4.78, 5) is 11.6. The monoisotopic (exact) mass is 196 g/mol. The summed E-state index contributed by atoms with van der Waals surface area (Å²) in [6.45, 7) is 0. The normalized spacial score (nSPS) is 22.0. The third kappa shape index (κ3) is 1.58. The molecule has 0 bridgehead atoms. The molecule has 1 fully saturated rings. The molecule has 2 N–H and O–H groups in total. The molecular weight excluding hydrogens is 184 g/mol. The fourth-order valence-corrected chi connectivity index (χ4v) is 2.76. The van der Waals surface area contributed by atoms with Gasteiger partial charge in [-0.1, -0.05) is 0 Å². The van der Waals surface area contributed by atoms with Gasteiger partial charge in [0.1, 0.15) is 0 Å². The molecule has 0 saturated carbocycles. The number of anilines is 1. The van der Waals surface area contributed by atoms with Crippen LogP contribution < -0.4 is 11.3 Å². The maximum absolute atomic E-state index is 11.6. The van der Waals surface area contributed by atoms with Crippen molar-refractivity contribution in [2.24, 2.45) is 0 Å². The van der Waals surface area contributed by atoms with Gasteiger partial charge >= 0.3 is 0 Å². The minimum Gasteiger partial charge on any atom is -0.394 e. The van der Waals surface area contributed by atoms with Gasteiger partial charge in [-0.2, -0.15) is 11.8 Å². The van der Waals surface area contributed by atoms with Crippen LogP contribution in [0.5, 0.6) is 0 Å².